The molecule has 2 aromatic rings. The number of nitrogens with zero attached hydrogens (tertiary/aromatic N) is 4. The van der Waals surface area contributed by atoms with E-state index >= 15 is 0 Å². The molecule has 0 unspecified atom stereocenters. The Kier molecular flexibility index (Phi) is 8.08. The van der Waals surface area contributed by atoms with Crippen LogP contribution in [0.15, 0.2) is 35.1 Å². The number of aryl methyl sites for hydroxylation is 1. The van der Waals surface area contributed by atoms with Crippen LogP contribution in [0.4, 0.5) is 5.69 Å². The first-order valence-corrected chi connectivity index (χ1v) is 9.80. The maximum Gasteiger partial charge on any atom is 0.294 e. The lowest BCUT2D eigenvalue weighted by atomic mass is 10.0. The molecule has 10 heteroatoms. The molecule has 0 bridgehead atoms. The van der Waals surface area contributed by atoms with Crippen LogP contribution in [0.5, 0.6) is 0 Å². The van der Waals surface area contributed by atoms with Crippen molar-refractivity contribution >= 4 is 24.0 Å². The molecule has 0 spiro atoms. The molecule has 1 fully saturated rings. The molecular formula is C20H26ClN5O4. The molecule has 1 aliphatic rings. The van der Waals surface area contributed by atoms with Gasteiger partial charge in [0.05, 0.1) is 4.92 Å². The van der Waals surface area contributed by atoms with Gasteiger partial charge in [0.25, 0.3) is 11.6 Å². The van der Waals surface area contributed by atoms with Gasteiger partial charge in [-0.05, 0) is 45.3 Å². The van der Waals surface area contributed by atoms with Crippen LogP contribution in [0, 0.1) is 17.0 Å². The third kappa shape index (κ3) is 4.85. The second kappa shape index (κ2) is 10.3. The summed E-state index contributed by atoms with van der Waals surface area (Å²) in [6.45, 7) is 5.79. The van der Waals surface area contributed by atoms with E-state index in [1.165, 1.54) is 16.8 Å². The summed E-state index contributed by atoms with van der Waals surface area (Å²) in [4.78, 5) is 38.5. The van der Waals surface area contributed by atoms with Crippen LogP contribution in [0.2, 0.25) is 0 Å². The number of piperidine rings is 1. The van der Waals surface area contributed by atoms with Crippen molar-refractivity contribution in [1.82, 2.24) is 20.0 Å². The van der Waals surface area contributed by atoms with E-state index in [2.05, 4.69) is 10.4 Å². The summed E-state index contributed by atoms with van der Waals surface area (Å²) < 4.78 is 1.30. The first-order chi connectivity index (χ1) is 13.9. The summed E-state index contributed by atoms with van der Waals surface area (Å²) in [7, 11) is 0. The number of nitrogens with one attached hydrogen (secondary N) is 1. The minimum absolute atomic E-state index is 0. The van der Waals surface area contributed by atoms with Crippen LogP contribution >= 0.6 is 12.4 Å². The third-order valence-electron chi connectivity index (χ3n) is 5.09. The number of carbonyl (C=O) groups excluding carboxylic acids is 1. The summed E-state index contributed by atoms with van der Waals surface area (Å²) in [5, 5.41) is 19.0. The lowest BCUT2D eigenvalue weighted by Crippen LogP contribution is -2.48. The minimum Gasteiger partial charge on any atom is -0.334 e. The molecule has 1 saturated heterocycles. The number of rotatable bonds is 6. The fourth-order valence-electron chi connectivity index (χ4n) is 3.68. The van der Waals surface area contributed by atoms with Gasteiger partial charge >= 0.3 is 0 Å². The normalized spacial score (nSPS) is 14.1. The number of para-hydroxylation sites is 2. The topological polar surface area (TPSA) is 110 Å². The molecule has 30 heavy (non-hydrogen) atoms. The quantitative estimate of drug-likeness (QED) is 0.551. The number of halogens is 1. The third-order valence-corrected chi connectivity index (χ3v) is 5.09. The average Bonchev–Trinajstić information content (AvgIpc) is 2.72. The molecule has 1 aliphatic heterocycles. The van der Waals surface area contributed by atoms with Gasteiger partial charge in [-0.15, -0.1) is 12.4 Å². The van der Waals surface area contributed by atoms with Crippen molar-refractivity contribution in [3.8, 4) is 5.69 Å². The van der Waals surface area contributed by atoms with Crippen LogP contribution in [0.3, 0.4) is 0 Å². The van der Waals surface area contributed by atoms with Crippen molar-refractivity contribution in [1.29, 1.82) is 0 Å². The second-order valence-corrected chi connectivity index (χ2v) is 7.14. The molecular weight excluding hydrogens is 410 g/mol. The monoisotopic (exact) mass is 435 g/mol. The minimum atomic E-state index is -0.505. The number of nitro groups is 1. The molecule has 3 rings (SSSR count). The Labute approximate surface area is 180 Å². The summed E-state index contributed by atoms with van der Waals surface area (Å²) >= 11 is 0. The highest BCUT2D eigenvalue weighted by molar-refractivity contribution is 5.92. The predicted octanol–water partition coefficient (Wildman–Crippen LogP) is 2.48. The van der Waals surface area contributed by atoms with E-state index in [9.17, 15) is 19.7 Å². The first kappa shape index (κ1) is 23.5. The van der Waals surface area contributed by atoms with E-state index in [-0.39, 0.29) is 35.5 Å². The molecule has 1 aromatic heterocycles. The zero-order chi connectivity index (χ0) is 21.0. The zero-order valence-corrected chi connectivity index (χ0v) is 17.9. The van der Waals surface area contributed by atoms with Gasteiger partial charge in [-0.25, -0.2) is 4.68 Å². The number of aromatic nitrogens is 2. The van der Waals surface area contributed by atoms with E-state index in [0.29, 0.717) is 12.2 Å². The number of carbonyl (C=O) groups is 1. The number of hydrogen-bond donors (Lipinski definition) is 1. The van der Waals surface area contributed by atoms with Crippen LogP contribution in [-0.2, 0) is 0 Å². The molecule has 9 nitrogen and oxygen atoms in total. The maximum atomic E-state index is 13.3. The Balaban J connectivity index is 0.00000320. The molecule has 0 atom stereocenters. The van der Waals surface area contributed by atoms with E-state index in [0.717, 1.165) is 32.4 Å². The van der Waals surface area contributed by atoms with E-state index in [1.54, 1.807) is 30.0 Å². The zero-order valence-electron chi connectivity index (χ0n) is 17.0. The number of hydrogen-bond acceptors (Lipinski definition) is 6. The van der Waals surface area contributed by atoms with Crippen molar-refractivity contribution in [2.75, 3.05) is 19.6 Å². The van der Waals surface area contributed by atoms with Crippen LogP contribution in [0.25, 0.3) is 5.69 Å². The van der Waals surface area contributed by atoms with E-state index in [4.69, 9.17) is 0 Å². The molecule has 0 aliphatic carbocycles. The second-order valence-electron chi connectivity index (χ2n) is 7.14. The highest BCUT2D eigenvalue weighted by Crippen LogP contribution is 2.22. The van der Waals surface area contributed by atoms with Crippen molar-refractivity contribution < 1.29 is 9.72 Å². The van der Waals surface area contributed by atoms with Crippen molar-refractivity contribution in [2.45, 2.75) is 39.2 Å². The molecule has 2 heterocycles. The van der Waals surface area contributed by atoms with Gasteiger partial charge in [-0.1, -0.05) is 19.1 Å². The van der Waals surface area contributed by atoms with Gasteiger partial charge in [0.2, 0.25) is 5.43 Å². The molecule has 1 aromatic carbocycles. The Hall–Kier alpha value is -2.78. The lowest BCUT2D eigenvalue weighted by molar-refractivity contribution is -0.384. The Morgan fingerprint density at radius 1 is 1.33 bits per heavy atom. The Bertz CT molecular complexity index is 972. The van der Waals surface area contributed by atoms with Gasteiger partial charge in [0.1, 0.15) is 5.69 Å². The van der Waals surface area contributed by atoms with Crippen LogP contribution in [0.1, 0.15) is 42.4 Å². The predicted molar refractivity (Wildman–Crippen MR) is 116 cm³/mol. The fraction of sp³-hybridized carbons (Fsp3) is 0.450. The molecule has 1 amide bonds. The summed E-state index contributed by atoms with van der Waals surface area (Å²) in [5.74, 6) is -0.420. The number of nitro benzene ring substituents is 1. The lowest BCUT2D eigenvalue weighted by Gasteiger charge is -2.34. The van der Waals surface area contributed by atoms with Crippen molar-refractivity contribution in [2.24, 2.45) is 0 Å². The molecule has 0 radical (unpaired) electrons. The SMILES string of the molecule is CCCN(C(=O)c1nn(-c2ccccc2[N+](=O)[O-])c(C)cc1=O)C1CCNCC1.Cl. The first-order valence-electron chi connectivity index (χ1n) is 9.80. The summed E-state index contributed by atoms with van der Waals surface area (Å²) in [6, 6.07) is 7.49. The van der Waals surface area contributed by atoms with Crippen LogP contribution in [-0.4, -0.2) is 51.2 Å². The highest BCUT2D eigenvalue weighted by atomic mass is 35.5. The summed E-state index contributed by atoms with van der Waals surface area (Å²) in [5.41, 5.74) is -0.190. The smallest absolute Gasteiger partial charge is 0.294 e. The fourth-order valence-corrected chi connectivity index (χ4v) is 3.68. The highest BCUT2D eigenvalue weighted by Gasteiger charge is 2.29. The van der Waals surface area contributed by atoms with Crippen molar-refractivity contribution in [3.63, 3.8) is 0 Å². The molecule has 0 saturated carbocycles. The van der Waals surface area contributed by atoms with Crippen LogP contribution < -0.4 is 10.7 Å². The largest absolute Gasteiger partial charge is 0.334 e. The standard InChI is InChI=1S/C20H25N5O4.ClH/c1-3-12-23(15-8-10-21-11-9-15)20(27)19-18(26)13-14(2)24(22-19)16-6-4-5-7-17(16)25(28)29;/h4-7,13,15,21H,3,8-12H2,1-2H3;1H. The van der Waals surface area contributed by atoms with Gasteiger partial charge in [-0.2, -0.15) is 5.10 Å². The average molecular weight is 436 g/mol. The number of amides is 1. The van der Waals surface area contributed by atoms with Gasteiger partial charge in [0.15, 0.2) is 5.69 Å². The number of benzene rings is 1. The molecule has 162 valence electrons. The Morgan fingerprint density at radius 3 is 2.63 bits per heavy atom. The van der Waals surface area contributed by atoms with E-state index < -0.39 is 16.3 Å². The summed E-state index contributed by atoms with van der Waals surface area (Å²) in [6.07, 6.45) is 2.39. The van der Waals surface area contributed by atoms with E-state index in [1.807, 2.05) is 6.92 Å². The van der Waals surface area contributed by atoms with Gasteiger partial charge < -0.3 is 10.2 Å². The van der Waals surface area contributed by atoms with Gasteiger partial charge in [0, 0.05) is 30.4 Å². The molecule has 1 N–H and O–H groups in total. The van der Waals surface area contributed by atoms with Gasteiger partial charge in [-0.3, -0.25) is 19.7 Å². The van der Waals surface area contributed by atoms with Crippen molar-refractivity contribution in [3.05, 3.63) is 62.1 Å². The Morgan fingerprint density at radius 2 is 2.00 bits per heavy atom. The maximum absolute atomic E-state index is 13.3.